The Bertz CT molecular complexity index is 864. The van der Waals surface area contributed by atoms with E-state index in [2.05, 4.69) is 0 Å². The molecule has 1 aromatic heterocycles. The van der Waals surface area contributed by atoms with Crippen LogP contribution in [-0.2, 0) is 16.3 Å². The van der Waals surface area contributed by atoms with Gasteiger partial charge in [0.25, 0.3) is 0 Å². The summed E-state index contributed by atoms with van der Waals surface area (Å²) in [4.78, 5) is 0.791. The average molecular weight is 318 g/mol. The minimum absolute atomic E-state index is 0.0569. The highest BCUT2D eigenvalue weighted by Gasteiger charge is 2.27. The molecule has 0 amide bonds. The highest BCUT2D eigenvalue weighted by molar-refractivity contribution is 7.90. The van der Waals surface area contributed by atoms with Crippen LogP contribution in [0.1, 0.15) is 27.1 Å². The molecule has 1 heterocycles. The van der Waals surface area contributed by atoms with Crippen LogP contribution in [-0.4, -0.2) is 31.8 Å². The van der Waals surface area contributed by atoms with Gasteiger partial charge >= 0.3 is 0 Å². The minimum Gasteiger partial charge on any atom is -0.300 e. The molecule has 0 fully saturated rings. The first-order valence-electron chi connectivity index (χ1n) is 6.44. The van der Waals surface area contributed by atoms with Crippen LogP contribution in [0.2, 0.25) is 0 Å². The molecule has 4 nitrogen and oxygen atoms in total. The average Bonchev–Trinajstić information content (AvgIpc) is 2.91. The highest BCUT2D eigenvalue weighted by atomic mass is 32.2. The maximum absolute atomic E-state index is 11.4. The van der Waals surface area contributed by atoms with Crippen molar-refractivity contribution < 1.29 is 8.42 Å². The van der Waals surface area contributed by atoms with E-state index in [1.165, 1.54) is 17.6 Å². The van der Waals surface area contributed by atoms with Crippen LogP contribution in [0, 0.1) is 10.8 Å². The minimum atomic E-state index is -3.05. The van der Waals surface area contributed by atoms with Gasteiger partial charge in [0, 0.05) is 22.9 Å². The summed E-state index contributed by atoms with van der Waals surface area (Å²) in [6.45, 7) is 0. The summed E-state index contributed by atoms with van der Waals surface area (Å²) in [5, 5.41) is 18.6. The predicted molar refractivity (Wildman–Crippen MR) is 86.0 cm³/mol. The third-order valence-electron chi connectivity index (χ3n) is 3.57. The van der Waals surface area contributed by atoms with E-state index in [1.807, 2.05) is 29.6 Å². The topological polar surface area (TPSA) is 81.8 Å². The SMILES string of the molecule is CS(=O)(=O)CCc1cccc2c1C(=N)c1sccc1C2=N. The number of hydrogen-bond acceptors (Lipinski definition) is 5. The molecule has 108 valence electrons. The maximum Gasteiger partial charge on any atom is 0.147 e. The van der Waals surface area contributed by atoms with Crippen LogP contribution < -0.4 is 0 Å². The number of rotatable bonds is 3. The van der Waals surface area contributed by atoms with Gasteiger partial charge in [-0.1, -0.05) is 18.2 Å². The molecule has 6 heteroatoms. The summed E-state index contributed by atoms with van der Waals surface area (Å²) >= 11 is 1.45. The number of thiophene rings is 1. The summed E-state index contributed by atoms with van der Waals surface area (Å²) in [5.74, 6) is 0.0569. The van der Waals surface area contributed by atoms with E-state index in [-0.39, 0.29) is 5.75 Å². The number of benzene rings is 1. The molecule has 1 aliphatic rings. The van der Waals surface area contributed by atoms with Gasteiger partial charge in [-0.05, 0) is 23.4 Å². The van der Waals surface area contributed by atoms with E-state index in [1.54, 1.807) is 0 Å². The summed E-state index contributed by atoms with van der Waals surface area (Å²) in [6.07, 6.45) is 1.59. The number of sulfone groups is 1. The van der Waals surface area contributed by atoms with Gasteiger partial charge in [-0.2, -0.15) is 0 Å². The molecular weight excluding hydrogens is 304 g/mol. The van der Waals surface area contributed by atoms with Crippen molar-refractivity contribution in [3.63, 3.8) is 0 Å². The third-order valence-corrected chi connectivity index (χ3v) is 5.45. The van der Waals surface area contributed by atoms with Gasteiger partial charge in [-0.3, -0.25) is 10.8 Å². The lowest BCUT2D eigenvalue weighted by Gasteiger charge is -2.21. The summed E-state index contributed by atoms with van der Waals surface area (Å²) in [7, 11) is -3.05. The maximum atomic E-state index is 11.4. The van der Waals surface area contributed by atoms with Crippen molar-refractivity contribution in [3.05, 3.63) is 56.8 Å². The molecule has 3 rings (SSSR count). The van der Waals surface area contributed by atoms with Crippen LogP contribution in [0.15, 0.2) is 29.6 Å². The van der Waals surface area contributed by atoms with Gasteiger partial charge in [0.1, 0.15) is 9.84 Å². The Hall–Kier alpha value is -1.79. The Labute approximate surface area is 127 Å². The Morgan fingerprint density at radius 3 is 2.57 bits per heavy atom. The lowest BCUT2D eigenvalue weighted by atomic mass is 9.84. The normalized spacial score (nSPS) is 14.0. The fourth-order valence-corrected chi connectivity index (χ4v) is 4.01. The molecule has 0 atom stereocenters. The second kappa shape index (κ2) is 4.89. The second-order valence-electron chi connectivity index (χ2n) is 5.13. The first kappa shape index (κ1) is 14.2. The fraction of sp³-hybridized carbons (Fsp3) is 0.200. The quantitative estimate of drug-likeness (QED) is 0.778. The standard InChI is InChI=1S/C15H14N2O2S2/c1-21(18,19)8-6-9-3-2-4-10-12(9)14(17)15-11(13(10)16)5-7-20-15/h2-5,7,16-17H,6,8H2,1H3. The molecule has 0 saturated heterocycles. The lowest BCUT2D eigenvalue weighted by molar-refractivity contribution is 0.601. The first-order valence-corrected chi connectivity index (χ1v) is 9.38. The summed E-state index contributed by atoms with van der Waals surface area (Å²) in [5.41, 5.74) is 3.86. The van der Waals surface area contributed by atoms with Crippen LogP contribution in [0.3, 0.4) is 0 Å². The summed E-state index contributed by atoms with van der Waals surface area (Å²) in [6, 6.07) is 7.37. The third kappa shape index (κ3) is 2.45. The molecule has 2 aromatic rings. The van der Waals surface area contributed by atoms with Crippen molar-refractivity contribution in [1.82, 2.24) is 0 Å². The van der Waals surface area contributed by atoms with Gasteiger partial charge in [-0.15, -0.1) is 11.3 Å². The molecule has 0 bridgehead atoms. The fourth-order valence-electron chi connectivity index (χ4n) is 2.57. The Balaban J connectivity index is 2.11. The van der Waals surface area contributed by atoms with E-state index < -0.39 is 9.84 Å². The largest absolute Gasteiger partial charge is 0.300 e. The first-order chi connectivity index (χ1) is 9.88. The Kier molecular flexibility index (Phi) is 3.30. The van der Waals surface area contributed by atoms with Gasteiger partial charge in [0.05, 0.1) is 22.1 Å². The smallest absolute Gasteiger partial charge is 0.147 e. The van der Waals surface area contributed by atoms with Crippen LogP contribution in [0.25, 0.3) is 0 Å². The van der Waals surface area contributed by atoms with Crippen molar-refractivity contribution in [2.24, 2.45) is 0 Å². The van der Waals surface area contributed by atoms with Gasteiger partial charge < -0.3 is 0 Å². The van der Waals surface area contributed by atoms with Crippen molar-refractivity contribution >= 4 is 32.6 Å². The molecule has 0 spiro atoms. The van der Waals surface area contributed by atoms with Crippen molar-refractivity contribution in [1.29, 1.82) is 10.8 Å². The Morgan fingerprint density at radius 2 is 1.86 bits per heavy atom. The van der Waals surface area contributed by atoms with E-state index in [9.17, 15) is 8.42 Å². The lowest BCUT2D eigenvalue weighted by Crippen LogP contribution is -2.21. The van der Waals surface area contributed by atoms with Gasteiger partial charge in [0.15, 0.2) is 0 Å². The molecular formula is C15H14N2O2S2. The van der Waals surface area contributed by atoms with Crippen molar-refractivity contribution in [3.8, 4) is 0 Å². The number of fused-ring (bicyclic) bond motifs is 2. The van der Waals surface area contributed by atoms with E-state index in [0.717, 1.165) is 21.6 Å². The van der Waals surface area contributed by atoms with Crippen molar-refractivity contribution in [2.45, 2.75) is 6.42 Å². The van der Waals surface area contributed by atoms with Gasteiger partial charge in [-0.25, -0.2) is 8.42 Å². The highest BCUT2D eigenvalue weighted by Crippen LogP contribution is 2.32. The second-order valence-corrected chi connectivity index (χ2v) is 8.31. The molecule has 0 radical (unpaired) electrons. The molecule has 0 saturated carbocycles. The zero-order valence-corrected chi connectivity index (χ0v) is 13.1. The number of nitrogens with one attached hydrogen (secondary N) is 2. The van der Waals surface area contributed by atoms with E-state index in [4.69, 9.17) is 10.8 Å². The van der Waals surface area contributed by atoms with Crippen LogP contribution >= 0.6 is 11.3 Å². The number of aryl methyl sites for hydroxylation is 1. The zero-order chi connectivity index (χ0) is 15.2. The Morgan fingerprint density at radius 1 is 1.10 bits per heavy atom. The van der Waals surface area contributed by atoms with E-state index in [0.29, 0.717) is 23.4 Å². The molecule has 1 aliphatic carbocycles. The molecule has 1 aromatic carbocycles. The number of hydrogen-bond donors (Lipinski definition) is 2. The molecule has 0 unspecified atom stereocenters. The van der Waals surface area contributed by atoms with Gasteiger partial charge in [0.2, 0.25) is 0 Å². The monoisotopic (exact) mass is 318 g/mol. The van der Waals surface area contributed by atoms with E-state index >= 15 is 0 Å². The van der Waals surface area contributed by atoms with Crippen LogP contribution in [0.5, 0.6) is 0 Å². The van der Waals surface area contributed by atoms with Crippen LogP contribution in [0.4, 0.5) is 0 Å². The molecule has 2 N–H and O–H groups in total. The summed E-state index contributed by atoms with van der Waals surface area (Å²) < 4.78 is 22.8. The molecule has 21 heavy (non-hydrogen) atoms. The molecule has 0 aliphatic heterocycles. The van der Waals surface area contributed by atoms with Crippen molar-refractivity contribution in [2.75, 3.05) is 12.0 Å². The zero-order valence-electron chi connectivity index (χ0n) is 11.4. The predicted octanol–water partition coefficient (Wildman–Crippen LogP) is 2.48.